The van der Waals surface area contributed by atoms with E-state index in [1.54, 1.807) is 11.3 Å². The van der Waals surface area contributed by atoms with Gasteiger partial charge in [0.05, 0.1) is 0 Å². The molecule has 0 unspecified atom stereocenters. The minimum Gasteiger partial charge on any atom is -0.248 e. The van der Waals surface area contributed by atoms with E-state index in [2.05, 4.69) is 4.99 Å². The van der Waals surface area contributed by atoms with Crippen molar-refractivity contribution in [3.63, 3.8) is 0 Å². The van der Waals surface area contributed by atoms with Crippen LogP contribution in [0.2, 0.25) is 0 Å². The second-order valence-electron chi connectivity index (χ2n) is 2.01. The van der Waals surface area contributed by atoms with Crippen LogP contribution in [0.25, 0.3) is 0 Å². The molecule has 0 aliphatic carbocycles. The van der Waals surface area contributed by atoms with E-state index in [0.717, 1.165) is 10.7 Å². The fourth-order valence-electron chi connectivity index (χ4n) is 0.554. The first-order chi connectivity index (χ1) is 4.29. The van der Waals surface area contributed by atoms with Crippen LogP contribution in [0.1, 0.15) is 13.8 Å². The maximum Gasteiger partial charge on any atom is 0.115 e. The fraction of sp³-hybridized carbons (Fsp3) is 0.286. The summed E-state index contributed by atoms with van der Waals surface area (Å²) >= 11 is 1.66. The molecule has 48 valence electrons. The quantitative estimate of drug-likeness (QED) is 0.530. The normalized spacial score (nSPS) is 9.11. The largest absolute Gasteiger partial charge is 0.248 e. The Morgan fingerprint density at radius 1 is 1.56 bits per heavy atom. The monoisotopic (exact) mass is 139 g/mol. The molecule has 0 fully saturated rings. The highest BCUT2D eigenvalue weighted by Crippen LogP contribution is 2.18. The third-order valence-electron chi connectivity index (χ3n) is 0.840. The van der Waals surface area contributed by atoms with E-state index in [-0.39, 0.29) is 0 Å². The lowest BCUT2D eigenvalue weighted by Gasteiger charge is -1.84. The van der Waals surface area contributed by atoms with E-state index < -0.39 is 0 Å². The molecule has 0 saturated carbocycles. The number of thiophene rings is 1. The summed E-state index contributed by atoms with van der Waals surface area (Å²) in [7, 11) is 0. The molecule has 9 heavy (non-hydrogen) atoms. The smallest absolute Gasteiger partial charge is 0.115 e. The Morgan fingerprint density at radius 2 is 2.33 bits per heavy atom. The van der Waals surface area contributed by atoms with Gasteiger partial charge in [0.2, 0.25) is 0 Å². The lowest BCUT2D eigenvalue weighted by atomic mass is 10.5. The van der Waals surface area contributed by atoms with E-state index in [1.807, 2.05) is 31.4 Å². The van der Waals surface area contributed by atoms with E-state index in [9.17, 15) is 0 Å². The Labute approximate surface area is 59.1 Å². The topological polar surface area (TPSA) is 12.4 Å². The predicted octanol–water partition coefficient (Wildman–Crippen LogP) is 2.86. The highest BCUT2D eigenvalue weighted by Gasteiger charge is 1.85. The summed E-state index contributed by atoms with van der Waals surface area (Å²) in [5.74, 6) is 0. The third kappa shape index (κ3) is 1.98. The summed E-state index contributed by atoms with van der Waals surface area (Å²) in [4.78, 5) is 4.25. The number of hydrogen-bond donors (Lipinski definition) is 0. The van der Waals surface area contributed by atoms with Crippen molar-refractivity contribution in [3.8, 4) is 0 Å². The molecule has 1 heterocycles. The van der Waals surface area contributed by atoms with E-state index in [1.165, 1.54) is 0 Å². The van der Waals surface area contributed by atoms with Gasteiger partial charge in [-0.1, -0.05) is 0 Å². The third-order valence-corrected chi connectivity index (χ3v) is 1.60. The van der Waals surface area contributed by atoms with Gasteiger partial charge in [0.15, 0.2) is 0 Å². The highest BCUT2D eigenvalue weighted by molar-refractivity contribution is 7.13. The maximum atomic E-state index is 4.25. The van der Waals surface area contributed by atoms with Crippen LogP contribution < -0.4 is 0 Å². The van der Waals surface area contributed by atoms with Crippen LogP contribution in [0.15, 0.2) is 22.5 Å². The summed E-state index contributed by atoms with van der Waals surface area (Å²) in [5, 5.41) is 3.12. The number of hydrogen-bond acceptors (Lipinski definition) is 2. The van der Waals surface area contributed by atoms with Crippen molar-refractivity contribution in [1.82, 2.24) is 0 Å². The number of aliphatic imine (C=N–C) groups is 1. The van der Waals surface area contributed by atoms with Gasteiger partial charge in [0.1, 0.15) is 5.00 Å². The summed E-state index contributed by atoms with van der Waals surface area (Å²) in [6.45, 7) is 4.00. The van der Waals surface area contributed by atoms with Gasteiger partial charge in [-0.25, -0.2) is 4.99 Å². The Kier molecular flexibility index (Phi) is 2.01. The number of nitrogens with zero attached hydrogens (tertiary/aromatic N) is 1. The van der Waals surface area contributed by atoms with E-state index >= 15 is 0 Å². The lowest BCUT2D eigenvalue weighted by Crippen LogP contribution is -1.74. The molecular weight excluding hydrogens is 130 g/mol. The second-order valence-corrected chi connectivity index (χ2v) is 2.94. The minimum atomic E-state index is 1.09. The summed E-state index contributed by atoms with van der Waals surface area (Å²) in [6.07, 6.45) is 0. The van der Waals surface area contributed by atoms with E-state index in [0.29, 0.717) is 0 Å². The van der Waals surface area contributed by atoms with Crippen LogP contribution in [-0.4, -0.2) is 5.71 Å². The van der Waals surface area contributed by atoms with Crippen LogP contribution in [0.3, 0.4) is 0 Å². The molecule has 0 amide bonds. The van der Waals surface area contributed by atoms with Crippen molar-refractivity contribution in [1.29, 1.82) is 0 Å². The minimum absolute atomic E-state index is 1.09. The molecule has 0 radical (unpaired) electrons. The SMILES string of the molecule is CC(C)=Nc1cccs1. The van der Waals surface area contributed by atoms with Crippen LogP contribution in [0.4, 0.5) is 5.00 Å². The fourth-order valence-corrected chi connectivity index (χ4v) is 1.24. The Bertz CT molecular complexity index is 195. The molecule has 1 aromatic rings. The van der Waals surface area contributed by atoms with Crippen molar-refractivity contribution < 1.29 is 0 Å². The number of rotatable bonds is 1. The molecule has 1 rings (SSSR count). The molecule has 2 heteroatoms. The molecule has 1 nitrogen and oxygen atoms in total. The van der Waals surface area contributed by atoms with E-state index in [4.69, 9.17) is 0 Å². The summed E-state index contributed by atoms with van der Waals surface area (Å²) in [5.41, 5.74) is 1.11. The van der Waals surface area contributed by atoms with Crippen LogP contribution in [-0.2, 0) is 0 Å². The first-order valence-corrected chi connectivity index (χ1v) is 3.72. The Hall–Kier alpha value is -0.630. The van der Waals surface area contributed by atoms with Crippen molar-refractivity contribution in [2.75, 3.05) is 0 Å². The van der Waals surface area contributed by atoms with Crippen LogP contribution in [0, 0.1) is 0 Å². The summed E-state index contributed by atoms with van der Waals surface area (Å²) in [6, 6.07) is 4.02. The molecule has 0 spiro atoms. The van der Waals surface area contributed by atoms with Crippen molar-refractivity contribution >= 4 is 22.0 Å². The van der Waals surface area contributed by atoms with Gasteiger partial charge in [0, 0.05) is 5.71 Å². The molecule has 0 N–H and O–H groups in total. The molecular formula is C7H9NS. The van der Waals surface area contributed by atoms with Crippen molar-refractivity contribution in [2.24, 2.45) is 4.99 Å². The van der Waals surface area contributed by atoms with Crippen LogP contribution in [0.5, 0.6) is 0 Å². The van der Waals surface area contributed by atoms with Gasteiger partial charge in [-0.15, -0.1) is 11.3 Å². The standard InChI is InChI=1S/C7H9NS/c1-6(2)8-7-4-3-5-9-7/h3-5H,1-2H3. The van der Waals surface area contributed by atoms with Gasteiger partial charge in [-0.05, 0) is 31.4 Å². The lowest BCUT2D eigenvalue weighted by molar-refractivity contribution is 1.55. The molecule has 0 aliphatic heterocycles. The first kappa shape index (κ1) is 6.49. The van der Waals surface area contributed by atoms with Gasteiger partial charge in [-0.3, -0.25) is 0 Å². The van der Waals surface area contributed by atoms with Gasteiger partial charge >= 0.3 is 0 Å². The average Bonchev–Trinajstić information content (AvgIpc) is 2.15. The molecule has 0 bridgehead atoms. The van der Waals surface area contributed by atoms with Gasteiger partial charge < -0.3 is 0 Å². The van der Waals surface area contributed by atoms with Crippen molar-refractivity contribution in [2.45, 2.75) is 13.8 Å². The average molecular weight is 139 g/mol. The van der Waals surface area contributed by atoms with Gasteiger partial charge in [0.25, 0.3) is 0 Å². The first-order valence-electron chi connectivity index (χ1n) is 2.84. The second kappa shape index (κ2) is 2.78. The zero-order valence-corrected chi connectivity index (χ0v) is 6.40. The molecule has 0 aliphatic rings. The zero-order chi connectivity index (χ0) is 6.69. The maximum absolute atomic E-state index is 4.25. The van der Waals surface area contributed by atoms with Crippen LogP contribution >= 0.6 is 11.3 Å². The molecule has 0 aromatic carbocycles. The zero-order valence-electron chi connectivity index (χ0n) is 5.59. The Morgan fingerprint density at radius 3 is 2.78 bits per heavy atom. The predicted molar refractivity (Wildman–Crippen MR) is 42.8 cm³/mol. The highest BCUT2D eigenvalue weighted by atomic mass is 32.1. The van der Waals surface area contributed by atoms with Crippen molar-refractivity contribution in [3.05, 3.63) is 17.5 Å². The summed E-state index contributed by atoms with van der Waals surface area (Å²) < 4.78 is 0. The molecule has 1 aromatic heterocycles. The Balaban J connectivity index is 2.80. The van der Waals surface area contributed by atoms with Gasteiger partial charge in [-0.2, -0.15) is 0 Å². The molecule has 0 saturated heterocycles. The molecule has 0 atom stereocenters.